The summed E-state index contributed by atoms with van der Waals surface area (Å²) >= 11 is 0. The largest absolute Gasteiger partial charge is 0.462 e. The van der Waals surface area contributed by atoms with Crippen molar-refractivity contribution >= 4 is 17.9 Å². The van der Waals surface area contributed by atoms with E-state index < -0.39 is 6.10 Å². The Balaban J connectivity index is 4.26. The summed E-state index contributed by atoms with van der Waals surface area (Å²) < 4.78 is 16.9. The van der Waals surface area contributed by atoms with Crippen molar-refractivity contribution in [3.05, 3.63) is 97.2 Å². The third-order valence-electron chi connectivity index (χ3n) is 14.6. The summed E-state index contributed by atoms with van der Waals surface area (Å²) in [5, 5.41) is 0. The molecule has 0 aliphatic rings. The van der Waals surface area contributed by atoms with Gasteiger partial charge in [0.05, 0.1) is 0 Å². The lowest BCUT2D eigenvalue weighted by Crippen LogP contribution is -2.30. The monoisotopic (exact) mass is 1100 g/mol. The lowest BCUT2D eigenvalue weighted by atomic mass is 10.0. The summed E-state index contributed by atoms with van der Waals surface area (Å²) in [6.45, 7) is 6.51. The zero-order chi connectivity index (χ0) is 57.1. The van der Waals surface area contributed by atoms with Gasteiger partial charge in [-0.25, -0.2) is 0 Å². The second-order valence-electron chi connectivity index (χ2n) is 22.4. The van der Waals surface area contributed by atoms with Crippen molar-refractivity contribution in [2.75, 3.05) is 13.2 Å². The molecule has 0 aromatic heterocycles. The van der Waals surface area contributed by atoms with Crippen molar-refractivity contribution in [2.45, 2.75) is 335 Å². The van der Waals surface area contributed by atoms with Gasteiger partial charge in [0, 0.05) is 19.3 Å². The highest BCUT2D eigenvalue weighted by Crippen LogP contribution is 2.17. The Morgan fingerprint density at radius 2 is 0.494 bits per heavy atom. The van der Waals surface area contributed by atoms with Crippen LogP contribution in [0, 0.1) is 0 Å². The maximum atomic E-state index is 12.9. The van der Waals surface area contributed by atoms with Crippen LogP contribution < -0.4 is 0 Å². The topological polar surface area (TPSA) is 78.9 Å². The predicted molar refractivity (Wildman–Crippen MR) is 344 cm³/mol. The van der Waals surface area contributed by atoms with E-state index in [0.29, 0.717) is 19.3 Å². The Bertz CT molecular complexity index is 1540. The molecule has 0 bridgehead atoms. The lowest BCUT2D eigenvalue weighted by molar-refractivity contribution is -0.167. The number of ether oxygens (including phenoxy) is 3. The normalized spacial score (nSPS) is 12.7. The van der Waals surface area contributed by atoms with Crippen LogP contribution in [0.4, 0.5) is 0 Å². The van der Waals surface area contributed by atoms with Crippen molar-refractivity contribution in [1.29, 1.82) is 0 Å². The first-order valence-corrected chi connectivity index (χ1v) is 33.7. The average molecular weight is 1100 g/mol. The first-order chi connectivity index (χ1) is 39.0. The minimum absolute atomic E-state index is 0.0879. The first kappa shape index (κ1) is 75.3. The minimum Gasteiger partial charge on any atom is -0.462 e. The number of allylic oxidation sites excluding steroid dienone is 16. The van der Waals surface area contributed by atoms with E-state index in [1.165, 1.54) is 180 Å². The number of hydrogen-bond acceptors (Lipinski definition) is 6. The van der Waals surface area contributed by atoms with Crippen molar-refractivity contribution in [2.24, 2.45) is 0 Å². The third-order valence-corrected chi connectivity index (χ3v) is 14.6. The molecule has 454 valence electrons. The Hall–Kier alpha value is -3.67. The van der Waals surface area contributed by atoms with Crippen molar-refractivity contribution in [1.82, 2.24) is 0 Å². The molecule has 1 unspecified atom stereocenters. The predicted octanol–water partition coefficient (Wildman–Crippen LogP) is 23.2. The van der Waals surface area contributed by atoms with E-state index in [-0.39, 0.29) is 31.1 Å². The smallest absolute Gasteiger partial charge is 0.306 e. The van der Waals surface area contributed by atoms with Gasteiger partial charge >= 0.3 is 17.9 Å². The maximum Gasteiger partial charge on any atom is 0.306 e. The molecule has 0 radical (unpaired) electrons. The fourth-order valence-corrected chi connectivity index (χ4v) is 9.58. The summed E-state index contributed by atoms with van der Waals surface area (Å²) in [6.07, 6.45) is 90.2. The van der Waals surface area contributed by atoms with E-state index in [9.17, 15) is 14.4 Å². The number of carbonyl (C=O) groups is 3. The zero-order valence-corrected chi connectivity index (χ0v) is 52.1. The van der Waals surface area contributed by atoms with Crippen LogP contribution in [-0.4, -0.2) is 37.2 Å². The maximum absolute atomic E-state index is 12.9. The van der Waals surface area contributed by atoms with Gasteiger partial charge in [0.15, 0.2) is 6.10 Å². The minimum atomic E-state index is -0.793. The molecule has 79 heavy (non-hydrogen) atoms. The fraction of sp³-hybridized carbons (Fsp3) is 0.740. The molecule has 0 aromatic carbocycles. The highest BCUT2D eigenvalue weighted by Gasteiger charge is 2.19. The van der Waals surface area contributed by atoms with Crippen LogP contribution in [0.1, 0.15) is 329 Å². The van der Waals surface area contributed by atoms with E-state index in [0.717, 1.165) is 109 Å². The molecule has 1 atom stereocenters. The van der Waals surface area contributed by atoms with Crippen LogP contribution in [0.3, 0.4) is 0 Å². The lowest BCUT2D eigenvalue weighted by Gasteiger charge is -2.18. The molecule has 0 saturated carbocycles. The molecule has 0 rings (SSSR count). The SMILES string of the molecule is CC/C=C\C/C=C\C/C=C\C/C=C\C/C=C\C/C=C\C/C=C\C/C=C\CCCCC(=O)OCC(COC(=O)CCCCCCCCCCC)OC(=O)CCCCCCCCCCCCCCCCCCCCCCCCCCC. The van der Waals surface area contributed by atoms with Crippen molar-refractivity contribution in [3.63, 3.8) is 0 Å². The zero-order valence-electron chi connectivity index (χ0n) is 52.1. The Morgan fingerprint density at radius 1 is 0.266 bits per heavy atom. The van der Waals surface area contributed by atoms with Gasteiger partial charge in [-0.15, -0.1) is 0 Å². The van der Waals surface area contributed by atoms with Crippen LogP contribution in [0.15, 0.2) is 97.2 Å². The molecule has 6 heteroatoms. The van der Waals surface area contributed by atoms with Gasteiger partial charge in [-0.1, -0.05) is 323 Å². The second-order valence-corrected chi connectivity index (χ2v) is 22.4. The molecular formula is C73H126O6. The number of hydrogen-bond donors (Lipinski definition) is 0. The number of rotatable bonds is 61. The van der Waals surface area contributed by atoms with Gasteiger partial charge in [-0.3, -0.25) is 14.4 Å². The number of esters is 3. The molecule has 6 nitrogen and oxygen atoms in total. The summed E-state index contributed by atoms with van der Waals surface area (Å²) in [5.41, 5.74) is 0. The van der Waals surface area contributed by atoms with E-state index in [1.54, 1.807) is 0 Å². The summed E-state index contributed by atoms with van der Waals surface area (Å²) in [7, 11) is 0. The first-order valence-electron chi connectivity index (χ1n) is 33.7. The fourth-order valence-electron chi connectivity index (χ4n) is 9.58. The van der Waals surface area contributed by atoms with Crippen LogP contribution in [-0.2, 0) is 28.6 Å². The Kier molecular flexibility index (Phi) is 63.7. The molecule has 0 spiro atoms. The van der Waals surface area contributed by atoms with Crippen LogP contribution in [0.5, 0.6) is 0 Å². The standard InChI is InChI=1S/C73H126O6/c1-4-7-10-13-16-19-21-23-25-27-29-31-33-35-36-38-39-41-43-45-47-49-51-54-57-60-63-66-72(75)78-69-70(68-77-71(74)65-62-59-56-53-18-15-12-9-6-3)79-73(76)67-64-61-58-55-52-50-48-46-44-42-40-37-34-32-30-28-26-24-22-20-17-14-11-8-5-2/h7,10,16,19,23,25,29,31,35-36,39,41,45,47,51,54,70H,4-6,8-9,11-15,17-18,20-22,24,26-28,30,32-34,37-38,40,42-44,46,48-50,52-53,55-69H2,1-3H3/b10-7-,19-16-,25-23-,31-29-,36-35-,41-39-,47-45-,54-51-. The molecular weight excluding hydrogens is 973 g/mol. The molecule has 0 amide bonds. The summed E-state index contributed by atoms with van der Waals surface area (Å²) in [4.78, 5) is 38.2. The van der Waals surface area contributed by atoms with Crippen LogP contribution in [0.25, 0.3) is 0 Å². The molecule has 0 aromatic rings. The number of carbonyl (C=O) groups excluding carboxylic acids is 3. The van der Waals surface area contributed by atoms with E-state index >= 15 is 0 Å². The van der Waals surface area contributed by atoms with Crippen LogP contribution in [0.2, 0.25) is 0 Å². The van der Waals surface area contributed by atoms with Crippen molar-refractivity contribution in [3.8, 4) is 0 Å². The van der Waals surface area contributed by atoms with E-state index in [2.05, 4.69) is 118 Å². The van der Waals surface area contributed by atoms with Gasteiger partial charge in [0.25, 0.3) is 0 Å². The van der Waals surface area contributed by atoms with Crippen LogP contribution >= 0.6 is 0 Å². The summed E-state index contributed by atoms with van der Waals surface area (Å²) in [5.74, 6) is -0.923. The Labute approximate surface area is 489 Å². The van der Waals surface area contributed by atoms with Gasteiger partial charge in [0.2, 0.25) is 0 Å². The highest BCUT2D eigenvalue weighted by atomic mass is 16.6. The molecule has 0 aliphatic heterocycles. The van der Waals surface area contributed by atoms with Gasteiger partial charge < -0.3 is 14.2 Å². The van der Waals surface area contributed by atoms with Gasteiger partial charge in [-0.05, 0) is 83.5 Å². The molecule has 0 aliphatic carbocycles. The molecule has 0 saturated heterocycles. The van der Waals surface area contributed by atoms with E-state index in [1.807, 2.05) is 0 Å². The molecule has 0 fully saturated rings. The van der Waals surface area contributed by atoms with Crippen molar-refractivity contribution < 1.29 is 28.6 Å². The van der Waals surface area contributed by atoms with Gasteiger partial charge in [0.1, 0.15) is 13.2 Å². The quantitative estimate of drug-likeness (QED) is 0.0261. The second kappa shape index (κ2) is 66.8. The average Bonchev–Trinajstić information content (AvgIpc) is 3.45. The third kappa shape index (κ3) is 65.0. The number of unbranched alkanes of at least 4 members (excludes halogenated alkanes) is 34. The molecule has 0 heterocycles. The van der Waals surface area contributed by atoms with E-state index in [4.69, 9.17) is 14.2 Å². The Morgan fingerprint density at radius 3 is 0.772 bits per heavy atom. The summed E-state index contributed by atoms with van der Waals surface area (Å²) in [6, 6.07) is 0. The molecule has 0 N–H and O–H groups in total. The highest BCUT2D eigenvalue weighted by molar-refractivity contribution is 5.71. The van der Waals surface area contributed by atoms with Gasteiger partial charge in [-0.2, -0.15) is 0 Å².